The molecular weight excluding hydrogens is 500 g/mol. The molecule has 8 heteroatoms. The van der Waals surface area contributed by atoms with E-state index in [4.69, 9.17) is 17.3 Å². The molecule has 1 saturated carbocycles. The second-order valence-electron chi connectivity index (χ2n) is 9.87. The van der Waals surface area contributed by atoms with Gasteiger partial charge < -0.3 is 11.1 Å². The van der Waals surface area contributed by atoms with Gasteiger partial charge in [-0.25, -0.2) is 9.69 Å². The molecule has 0 radical (unpaired) electrons. The smallest absolute Gasteiger partial charge is 0.329 e. The maximum Gasteiger partial charge on any atom is 0.329 e. The number of nitrogens with zero attached hydrogens (tertiary/aromatic N) is 2. The molecule has 1 aliphatic carbocycles. The minimum atomic E-state index is -0.495. The first-order valence-corrected chi connectivity index (χ1v) is 13.0. The Hall–Kier alpha value is -4.23. The summed E-state index contributed by atoms with van der Waals surface area (Å²) in [4.78, 5) is 44.3. The van der Waals surface area contributed by atoms with Crippen molar-refractivity contribution >= 4 is 45.9 Å². The van der Waals surface area contributed by atoms with Crippen LogP contribution in [0, 0.1) is 5.92 Å². The van der Waals surface area contributed by atoms with Gasteiger partial charge in [0, 0.05) is 33.6 Å². The van der Waals surface area contributed by atoms with E-state index in [1.165, 1.54) is 4.90 Å². The van der Waals surface area contributed by atoms with Gasteiger partial charge in [-0.05, 0) is 60.1 Å². The average molecular weight is 525 g/mol. The number of benzene rings is 3. The topological polar surface area (TPSA) is 105 Å². The van der Waals surface area contributed by atoms with E-state index >= 15 is 0 Å². The predicted molar refractivity (Wildman–Crippen MR) is 147 cm³/mol. The number of imide groups is 1. The summed E-state index contributed by atoms with van der Waals surface area (Å²) in [5, 5.41) is 5.38. The van der Waals surface area contributed by atoms with Gasteiger partial charge in [-0.2, -0.15) is 0 Å². The standard InChI is InChI=1S/C30H25ClN4O3/c31-24-10-4-9-22(17-6-3-7-19(13-17)28(32)36)27(24)18-11-12-23-25(14-18)34-30(38)35(29(23)37)26-16-33-15-20-5-1-2-8-21(20)26/h1-10,13,15-16,18,23,25H,11-12,14H2,(H2,32,36)(H,34,38). The molecule has 190 valence electrons. The van der Waals surface area contributed by atoms with Gasteiger partial charge in [0.05, 0.1) is 17.8 Å². The highest BCUT2D eigenvalue weighted by molar-refractivity contribution is 6.32. The molecule has 7 nitrogen and oxygen atoms in total. The Morgan fingerprint density at radius 1 is 1.00 bits per heavy atom. The van der Waals surface area contributed by atoms with Crippen LogP contribution in [0.15, 0.2) is 79.1 Å². The van der Waals surface area contributed by atoms with Gasteiger partial charge in [-0.15, -0.1) is 0 Å². The van der Waals surface area contributed by atoms with E-state index < -0.39 is 11.9 Å². The molecule has 2 heterocycles. The van der Waals surface area contributed by atoms with Crippen molar-refractivity contribution in [2.24, 2.45) is 11.7 Å². The van der Waals surface area contributed by atoms with E-state index in [0.717, 1.165) is 33.9 Å². The molecule has 4 aromatic rings. The fourth-order valence-electron chi connectivity index (χ4n) is 5.93. The second-order valence-corrected chi connectivity index (χ2v) is 10.3. The van der Waals surface area contributed by atoms with Crippen LogP contribution in [-0.2, 0) is 4.79 Å². The summed E-state index contributed by atoms with van der Waals surface area (Å²) in [6.07, 6.45) is 5.21. The molecule has 38 heavy (non-hydrogen) atoms. The van der Waals surface area contributed by atoms with Crippen LogP contribution in [0.3, 0.4) is 0 Å². The summed E-state index contributed by atoms with van der Waals surface area (Å²) in [5.41, 5.74) is 9.14. The number of aromatic nitrogens is 1. The number of amides is 4. The minimum Gasteiger partial charge on any atom is -0.366 e. The summed E-state index contributed by atoms with van der Waals surface area (Å²) >= 11 is 6.75. The van der Waals surface area contributed by atoms with E-state index in [1.807, 2.05) is 48.5 Å². The van der Waals surface area contributed by atoms with Crippen molar-refractivity contribution in [3.05, 3.63) is 95.3 Å². The summed E-state index contributed by atoms with van der Waals surface area (Å²) in [5.74, 6) is -1.02. The normalized spacial score (nSPS) is 21.2. The molecule has 3 unspecified atom stereocenters. The number of hydrogen-bond donors (Lipinski definition) is 2. The molecule has 3 N–H and O–H groups in total. The maximum absolute atomic E-state index is 13.7. The number of urea groups is 1. The fourth-order valence-corrected chi connectivity index (χ4v) is 6.26. The van der Waals surface area contributed by atoms with Gasteiger partial charge in [0.1, 0.15) is 0 Å². The molecule has 2 fully saturated rings. The van der Waals surface area contributed by atoms with Crippen LogP contribution >= 0.6 is 11.6 Å². The number of nitrogens with one attached hydrogen (secondary N) is 1. The van der Waals surface area contributed by atoms with Crippen LogP contribution < -0.4 is 16.0 Å². The zero-order valence-electron chi connectivity index (χ0n) is 20.4. The third kappa shape index (κ3) is 4.09. The molecule has 0 spiro atoms. The van der Waals surface area contributed by atoms with E-state index in [-0.39, 0.29) is 23.8 Å². The second kappa shape index (κ2) is 9.58. The van der Waals surface area contributed by atoms with Crippen LogP contribution in [0.2, 0.25) is 5.02 Å². The van der Waals surface area contributed by atoms with Crippen molar-refractivity contribution in [1.29, 1.82) is 0 Å². The van der Waals surface area contributed by atoms with E-state index in [0.29, 0.717) is 29.1 Å². The maximum atomic E-state index is 13.7. The number of anilines is 1. The summed E-state index contributed by atoms with van der Waals surface area (Å²) < 4.78 is 0. The lowest BCUT2D eigenvalue weighted by Crippen LogP contribution is -2.61. The molecule has 0 bridgehead atoms. The Morgan fingerprint density at radius 3 is 2.66 bits per heavy atom. The highest BCUT2D eigenvalue weighted by Gasteiger charge is 2.46. The molecule has 3 atom stereocenters. The Labute approximate surface area is 224 Å². The number of fused-ring (bicyclic) bond motifs is 2. The van der Waals surface area contributed by atoms with Crippen molar-refractivity contribution in [3.63, 3.8) is 0 Å². The lowest BCUT2D eigenvalue weighted by Gasteiger charge is -2.43. The Kier molecular flexibility index (Phi) is 6.08. The molecule has 2 aliphatic rings. The highest BCUT2D eigenvalue weighted by atomic mass is 35.5. The first-order chi connectivity index (χ1) is 18.4. The Bertz CT molecular complexity index is 1600. The molecule has 1 saturated heterocycles. The molecule has 4 amide bonds. The fraction of sp³-hybridized carbons (Fsp3) is 0.200. The van der Waals surface area contributed by atoms with Crippen LogP contribution in [0.1, 0.15) is 41.1 Å². The minimum absolute atomic E-state index is 0.0241. The van der Waals surface area contributed by atoms with Gasteiger partial charge in [0.15, 0.2) is 0 Å². The zero-order valence-corrected chi connectivity index (χ0v) is 21.2. The van der Waals surface area contributed by atoms with Gasteiger partial charge in [-0.1, -0.05) is 60.1 Å². The lowest BCUT2D eigenvalue weighted by atomic mass is 9.72. The van der Waals surface area contributed by atoms with Gasteiger partial charge in [0.2, 0.25) is 11.8 Å². The largest absolute Gasteiger partial charge is 0.366 e. The monoisotopic (exact) mass is 524 g/mol. The summed E-state index contributed by atoms with van der Waals surface area (Å²) in [6.45, 7) is 0. The molecule has 1 aliphatic heterocycles. The number of halogens is 1. The number of nitrogens with two attached hydrogens (primary N) is 1. The Morgan fingerprint density at radius 2 is 1.82 bits per heavy atom. The van der Waals surface area contributed by atoms with Crippen molar-refractivity contribution in [1.82, 2.24) is 10.3 Å². The Balaban J connectivity index is 1.31. The van der Waals surface area contributed by atoms with Gasteiger partial charge in [0.25, 0.3) is 0 Å². The zero-order chi connectivity index (χ0) is 26.4. The highest BCUT2D eigenvalue weighted by Crippen LogP contribution is 2.45. The number of carbonyl (C=O) groups excluding carboxylic acids is 3. The summed E-state index contributed by atoms with van der Waals surface area (Å²) in [7, 11) is 0. The number of primary amides is 1. The van der Waals surface area contributed by atoms with Crippen molar-refractivity contribution in [2.45, 2.75) is 31.2 Å². The number of pyridine rings is 1. The molecular formula is C30H25ClN4O3. The molecule has 1 aromatic heterocycles. The van der Waals surface area contributed by atoms with Crippen molar-refractivity contribution < 1.29 is 14.4 Å². The van der Waals surface area contributed by atoms with Crippen LogP contribution in [0.5, 0.6) is 0 Å². The average Bonchev–Trinajstić information content (AvgIpc) is 2.93. The molecule has 6 rings (SSSR count). The quantitative estimate of drug-likeness (QED) is 0.359. The van der Waals surface area contributed by atoms with Gasteiger partial charge >= 0.3 is 6.03 Å². The van der Waals surface area contributed by atoms with Gasteiger partial charge in [-0.3, -0.25) is 14.6 Å². The SMILES string of the molecule is NC(=O)c1cccc(-c2cccc(Cl)c2C2CCC3C(=O)N(c4cncc5ccccc45)C(=O)NC3C2)c1. The first-order valence-electron chi connectivity index (χ1n) is 12.6. The van der Waals surface area contributed by atoms with E-state index in [9.17, 15) is 14.4 Å². The third-order valence-electron chi connectivity index (χ3n) is 7.71. The summed E-state index contributed by atoms with van der Waals surface area (Å²) in [6, 6.07) is 19.7. The van der Waals surface area contributed by atoms with Crippen molar-refractivity contribution in [2.75, 3.05) is 4.90 Å². The third-order valence-corrected chi connectivity index (χ3v) is 8.04. The molecule has 3 aromatic carbocycles. The van der Waals surface area contributed by atoms with Crippen LogP contribution in [0.25, 0.3) is 21.9 Å². The number of hydrogen-bond acceptors (Lipinski definition) is 4. The van der Waals surface area contributed by atoms with E-state index in [1.54, 1.807) is 30.6 Å². The number of rotatable bonds is 4. The van der Waals surface area contributed by atoms with E-state index in [2.05, 4.69) is 10.3 Å². The number of carbonyl (C=O) groups is 3. The lowest BCUT2D eigenvalue weighted by molar-refractivity contribution is -0.124. The van der Waals surface area contributed by atoms with Crippen LogP contribution in [0.4, 0.5) is 10.5 Å². The first kappa shape index (κ1) is 24.1. The van der Waals surface area contributed by atoms with Crippen LogP contribution in [-0.4, -0.2) is 28.9 Å². The predicted octanol–water partition coefficient (Wildman–Crippen LogP) is 5.66. The van der Waals surface area contributed by atoms with Crippen molar-refractivity contribution in [3.8, 4) is 11.1 Å².